The zero-order valence-electron chi connectivity index (χ0n) is 20.4. The van der Waals surface area contributed by atoms with Crippen LogP contribution in [0.2, 0.25) is 5.02 Å². The number of nitrogens with zero attached hydrogens (tertiary/aromatic N) is 3. The summed E-state index contributed by atoms with van der Waals surface area (Å²) in [6, 6.07) is 35.7. The van der Waals surface area contributed by atoms with Crippen molar-refractivity contribution in [2.24, 2.45) is 0 Å². The zero-order chi connectivity index (χ0) is 25.9. The monoisotopic (exact) mass is 523 g/mol. The Kier molecular flexibility index (Phi) is 4.81. The quantitative estimate of drug-likeness (QED) is 0.231. The van der Waals surface area contributed by atoms with E-state index < -0.39 is 0 Å². The van der Waals surface area contributed by atoms with Gasteiger partial charge in [0, 0.05) is 38.2 Å². The van der Waals surface area contributed by atoms with E-state index in [0.717, 1.165) is 55.0 Å². The first-order valence-electron chi connectivity index (χ1n) is 12.6. The van der Waals surface area contributed by atoms with Crippen LogP contribution in [0.3, 0.4) is 0 Å². The lowest BCUT2D eigenvalue weighted by Crippen LogP contribution is -2.00. The largest absolute Gasteiger partial charge is 0.455 e. The molecule has 3 aromatic heterocycles. The van der Waals surface area contributed by atoms with Crippen LogP contribution in [-0.4, -0.2) is 15.0 Å². The topological polar surface area (TPSA) is 65.0 Å². The van der Waals surface area contributed by atoms with Gasteiger partial charge >= 0.3 is 0 Å². The second kappa shape index (κ2) is 8.51. The summed E-state index contributed by atoms with van der Waals surface area (Å²) in [4.78, 5) is 14.8. The van der Waals surface area contributed by atoms with Crippen molar-refractivity contribution < 1.29 is 8.83 Å². The highest BCUT2D eigenvalue weighted by atomic mass is 35.5. The highest BCUT2D eigenvalue weighted by Crippen LogP contribution is 2.38. The van der Waals surface area contributed by atoms with Gasteiger partial charge in [-0.3, -0.25) is 0 Å². The van der Waals surface area contributed by atoms with E-state index in [4.69, 9.17) is 35.4 Å². The summed E-state index contributed by atoms with van der Waals surface area (Å²) in [5, 5.41) is 4.65. The fraction of sp³-hybridized carbons (Fsp3) is 0. The molecule has 0 aliphatic rings. The lowest BCUT2D eigenvalue weighted by atomic mass is 10.1. The molecule has 3 heterocycles. The van der Waals surface area contributed by atoms with Gasteiger partial charge in [-0.05, 0) is 30.3 Å². The van der Waals surface area contributed by atoms with Crippen molar-refractivity contribution in [3.05, 3.63) is 114 Å². The van der Waals surface area contributed by atoms with Gasteiger partial charge in [0.2, 0.25) is 0 Å². The minimum atomic E-state index is 0.516. The Balaban J connectivity index is 1.42. The molecule has 8 aromatic rings. The van der Waals surface area contributed by atoms with E-state index >= 15 is 0 Å². The molecule has 0 fully saturated rings. The van der Waals surface area contributed by atoms with E-state index in [1.54, 1.807) is 0 Å². The summed E-state index contributed by atoms with van der Waals surface area (Å²) in [5.41, 5.74) is 5.45. The molecule has 5 nitrogen and oxygen atoms in total. The first-order chi connectivity index (χ1) is 19.2. The summed E-state index contributed by atoms with van der Waals surface area (Å²) in [6.07, 6.45) is 0. The molecule has 6 heteroatoms. The third-order valence-corrected chi connectivity index (χ3v) is 7.25. The Morgan fingerprint density at radius 1 is 0.462 bits per heavy atom. The lowest BCUT2D eigenvalue weighted by molar-refractivity contribution is 0.669. The molecular weight excluding hydrogens is 506 g/mol. The van der Waals surface area contributed by atoms with Crippen molar-refractivity contribution in [2.45, 2.75) is 0 Å². The van der Waals surface area contributed by atoms with E-state index in [0.29, 0.717) is 28.1 Å². The highest BCUT2D eigenvalue weighted by Gasteiger charge is 2.20. The summed E-state index contributed by atoms with van der Waals surface area (Å²) >= 11 is 6.26. The average molecular weight is 524 g/mol. The molecule has 0 aliphatic heterocycles. The third kappa shape index (κ3) is 3.51. The van der Waals surface area contributed by atoms with Gasteiger partial charge in [-0.25, -0.2) is 15.0 Å². The molecule has 184 valence electrons. The fourth-order valence-corrected chi connectivity index (χ4v) is 5.37. The van der Waals surface area contributed by atoms with E-state index in [2.05, 4.69) is 12.1 Å². The summed E-state index contributed by atoms with van der Waals surface area (Å²) in [6.45, 7) is 0. The maximum atomic E-state index is 6.32. The molecule has 5 aromatic carbocycles. The van der Waals surface area contributed by atoms with Crippen LogP contribution in [0.1, 0.15) is 0 Å². The molecule has 0 saturated carbocycles. The lowest BCUT2D eigenvalue weighted by Gasteiger charge is -2.09. The number of hydrogen-bond donors (Lipinski definition) is 0. The van der Waals surface area contributed by atoms with Crippen LogP contribution in [-0.2, 0) is 0 Å². The van der Waals surface area contributed by atoms with Gasteiger partial charge < -0.3 is 8.83 Å². The summed E-state index contributed by atoms with van der Waals surface area (Å²) < 4.78 is 12.6. The standard InChI is InChI=1S/C33H18ClN3O2/c34-20-16-17-22-24-12-7-14-26(30(24)39-28(22)18-20)33-36-31(19-8-2-1-3-9-19)35-32(37-33)25-13-6-11-23-21-10-4-5-15-27(21)38-29(23)25/h1-18H. The SMILES string of the molecule is Clc1ccc2c(c1)oc1c(-c3nc(-c4ccccc4)nc(-c4cccc5c4oc4ccccc45)n3)cccc12. The summed E-state index contributed by atoms with van der Waals surface area (Å²) in [5.74, 6) is 1.61. The van der Waals surface area contributed by atoms with Crippen LogP contribution >= 0.6 is 11.6 Å². The first kappa shape index (κ1) is 22.0. The molecule has 39 heavy (non-hydrogen) atoms. The second-order valence-electron chi connectivity index (χ2n) is 9.38. The molecule has 0 atom stereocenters. The van der Waals surface area contributed by atoms with Crippen LogP contribution in [0.15, 0.2) is 118 Å². The molecular formula is C33H18ClN3O2. The number of para-hydroxylation sites is 3. The van der Waals surface area contributed by atoms with Gasteiger partial charge in [-0.2, -0.15) is 0 Å². The first-order valence-corrected chi connectivity index (χ1v) is 12.9. The molecule has 0 bridgehead atoms. The number of halogens is 1. The number of benzene rings is 5. The van der Waals surface area contributed by atoms with Crippen LogP contribution in [0, 0.1) is 0 Å². The predicted octanol–water partition coefficient (Wildman–Crippen LogP) is 9.32. The zero-order valence-corrected chi connectivity index (χ0v) is 21.2. The molecule has 8 rings (SSSR count). The van der Waals surface area contributed by atoms with E-state index in [-0.39, 0.29) is 0 Å². The Morgan fingerprint density at radius 2 is 1.03 bits per heavy atom. The fourth-order valence-electron chi connectivity index (χ4n) is 5.20. The number of hydrogen-bond acceptors (Lipinski definition) is 5. The number of furan rings is 2. The van der Waals surface area contributed by atoms with Gasteiger partial charge in [0.15, 0.2) is 17.5 Å². The van der Waals surface area contributed by atoms with E-state index in [1.807, 2.05) is 97.1 Å². The van der Waals surface area contributed by atoms with Gasteiger partial charge in [-0.15, -0.1) is 0 Å². The molecule has 0 radical (unpaired) electrons. The average Bonchev–Trinajstić information content (AvgIpc) is 3.55. The molecule has 0 spiro atoms. The van der Waals surface area contributed by atoms with E-state index in [9.17, 15) is 0 Å². The smallest absolute Gasteiger partial charge is 0.167 e. The van der Waals surface area contributed by atoms with Crippen LogP contribution in [0.5, 0.6) is 0 Å². The Hall–Kier alpha value is -5.00. The van der Waals surface area contributed by atoms with Gasteiger partial charge in [0.05, 0.1) is 11.1 Å². The third-order valence-electron chi connectivity index (χ3n) is 7.01. The number of fused-ring (bicyclic) bond motifs is 6. The van der Waals surface area contributed by atoms with Crippen molar-refractivity contribution in [2.75, 3.05) is 0 Å². The molecule has 0 aliphatic carbocycles. The number of rotatable bonds is 3. The summed E-state index contributed by atoms with van der Waals surface area (Å²) in [7, 11) is 0. The molecule has 0 amide bonds. The van der Waals surface area contributed by atoms with Gasteiger partial charge in [0.25, 0.3) is 0 Å². The Bertz CT molecular complexity index is 2200. The molecule has 0 unspecified atom stereocenters. The highest BCUT2D eigenvalue weighted by molar-refractivity contribution is 6.31. The van der Waals surface area contributed by atoms with Crippen molar-refractivity contribution in [3.63, 3.8) is 0 Å². The van der Waals surface area contributed by atoms with Gasteiger partial charge in [-0.1, -0.05) is 84.4 Å². The van der Waals surface area contributed by atoms with Crippen LogP contribution in [0.25, 0.3) is 78.0 Å². The maximum absolute atomic E-state index is 6.32. The van der Waals surface area contributed by atoms with E-state index in [1.165, 1.54) is 0 Å². The molecule has 0 saturated heterocycles. The van der Waals surface area contributed by atoms with Crippen LogP contribution in [0.4, 0.5) is 0 Å². The predicted molar refractivity (Wildman–Crippen MR) is 156 cm³/mol. The maximum Gasteiger partial charge on any atom is 0.167 e. The van der Waals surface area contributed by atoms with Crippen LogP contribution < -0.4 is 0 Å². The Morgan fingerprint density at radius 3 is 1.74 bits per heavy atom. The van der Waals surface area contributed by atoms with Crippen molar-refractivity contribution in [1.29, 1.82) is 0 Å². The second-order valence-corrected chi connectivity index (χ2v) is 9.81. The molecule has 0 N–H and O–H groups in total. The minimum absolute atomic E-state index is 0.516. The Labute approximate surface area is 227 Å². The normalized spacial score (nSPS) is 11.7. The van der Waals surface area contributed by atoms with Crippen molar-refractivity contribution >= 4 is 55.5 Å². The van der Waals surface area contributed by atoms with Crippen molar-refractivity contribution in [3.8, 4) is 34.2 Å². The minimum Gasteiger partial charge on any atom is -0.455 e. The number of aromatic nitrogens is 3. The van der Waals surface area contributed by atoms with Gasteiger partial charge in [0.1, 0.15) is 22.3 Å². The van der Waals surface area contributed by atoms with Crippen molar-refractivity contribution in [1.82, 2.24) is 15.0 Å².